The van der Waals surface area contributed by atoms with Crippen LogP contribution in [0.5, 0.6) is 0 Å². The number of hydrogen-bond acceptors (Lipinski definition) is 0. The van der Waals surface area contributed by atoms with Gasteiger partial charge in [0.1, 0.15) is 7.85 Å². The molecule has 25 heavy (non-hydrogen) atoms. The third-order valence-electron chi connectivity index (χ3n) is 4.46. The molecule has 4 aromatic rings. The maximum atomic E-state index is 6.34. The summed E-state index contributed by atoms with van der Waals surface area (Å²) in [6.45, 7) is 0. The van der Waals surface area contributed by atoms with Crippen molar-refractivity contribution in [2.24, 2.45) is 0 Å². The van der Waals surface area contributed by atoms with E-state index in [0.29, 0.717) is 0 Å². The molecule has 0 fully saturated rings. The quantitative estimate of drug-likeness (QED) is 0.439. The molecule has 0 heterocycles. The van der Waals surface area contributed by atoms with Gasteiger partial charge in [-0.1, -0.05) is 109 Å². The van der Waals surface area contributed by atoms with Gasteiger partial charge in [-0.25, -0.2) is 0 Å². The Morgan fingerprint density at radius 3 is 1.40 bits per heavy atom. The Balaban J connectivity index is 1.66. The minimum Gasteiger partial charge on any atom is -0.0884 e. The van der Waals surface area contributed by atoms with Crippen LogP contribution in [0.3, 0.4) is 0 Å². The minimum atomic E-state index is 0.800. The molecule has 0 spiro atoms. The van der Waals surface area contributed by atoms with Crippen LogP contribution in [0.1, 0.15) is 0 Å². The highest BCUT2D eigenvalue weighted by Crippen LogP contribution is 2.26. The molecule has 0 aliphatic heterocycles. The third-order valence-corrected chi connectivity index (χ3v) is 4.46. The molecular formula is C24H17B. The first-order valence-corrected chi connectivity index (χ1v) is 8.42. The Labute approximate surface area is 150 Å². The van der Waals surface area contributed by atoms with Gasteiger partial charge in [-0.15, -0.1) is 0 Å². The van der Waals surface area contributed by atoms with Crippen LogP contribution in [0.4, 0.5) is 0 Å². The van der Waals surface area contributed by atoms with Crippen molar-refractivity contribution >= 4 is 13.3 Å². The van der Waals surface area contributed by atoms with Crippen molar-refractivity contribution < 1.29 is 0 Å². The first-order valence-electron chi connectivity index (χ1n) is 8.42. The highest BCUT2D eigenvalue weighted by molar-refractivity contribution is 6.36. The summed E-state index contributed by atoms with van der Waals surface area (Å²) in [5.74, 6) is 0. The van der Waals surface area contributed by atoms with E-state index in [-0.39, 0.29) is 0 Å². The lowest BCUT2D eigenvalue weighted by Gasteiger charge is -2.11. The van der Waals surface area contributed by atoms with Gasteiger partial charge in [0.15, 0.2) is 0 Å². The number of benzene rings is 4. The summed E-state index contributed by atoms with van der Waals surface area (Å²) in [7, 11) is 6.34. The lowest BCUT2D eigenvalue weighted by atomic mass is 9.84. The van der Waals surface area contributed by atoms with Crippen LogP contribution in [0.2, 0.25) is 0 Å². The van der Waals surface area contributed by atoms with E-state index in [2.05, 4.69) is 78.9 Å². The van der Waals surface area contributed by atoms with Crippen LogP contribution in [-0.4, -0.2) is 7.85 Å². The Bertz CT molecular complexity index is 971. The second-order valence-corrected chi connectivity index (χ2v) is 6.11. The summed E-state index contributed by atoms with van der Waals surface area (Å²) in [6, 6.07) is 35.6. The third kappa shape index (κ3) is 3.27. The first-order chi connectivity index (χ1) is 12.3. The smallest absolute Gasteiger partial charge is 0.0884 e. The van der Waals surface area contributed by atoms with E-state index >= 15 is 0 Å². The zero-order valence-corrected chi connectivity index (χ0v) is 13.9. The van der Waals surface area contributed by atoms with Crippen LogP contribution in [0, 0.1) is 0 Å². The van der Waals surface area contributed by atoms with Gasteiger partial charge in [-0.2, -0.15) is 0 Å². The summed E-state index contributed by atoms with van der Waals surface area (Å²) in [5.41, 5.74) is 7.76. The molecule has 0 atom stereocenters. The largest absolute Gasteiger partial charge is 0.114 e. The summed E-state index contributed by atoms with van der Waals surface area (Å²) in [6.07, 6.45) is 0. The van der Waals surface area contributed by atoms with Crippen molar-refractivity contribution in [2.45, 2.75) is 0 Å². The predicted octanol–water partition coefficient (Wildman–Crippen LogP) is 5.48. The molecule has 0 aliphatic rings. The fraction of sp³-hybridized carbons (Fsp3) is 0. The van der Waals surface area contributed by atoms with E-state index in [9.17, 15) is 0 Å². The molecule has 0 N–H and O–H groups in total. The number of hydrogen-bond donors (Lipinski definition) is 0. The zero-order chi connectivity index (χ0) is 17.1. The van der Waals surface area contributed by atoms with Gasteiger partial charge in [0.2, 0.25) is 0 Å². The van der Waals surface area contributed by atoms with Crippen LogP contribution < -0.4 is 5.46 Å². The monoisotopic (exact) mass is 316 g/mol. The maximum absolute atomic E-state index is 6.34. The van der Waals surface area contributed by atoms with Crippen LogP contribution in [0.25, 0.3) is 33.4 Å². The van der Waals surface area contributed by atoms with Crippen molar-refractivity contribution in [3.63, 3.8) is 0 Å². The van der Waals surface area contributed by atoms with E-state index in [4.69, 9.17) is 7.85 Å². The van der Waals surface area contributed by atoms with Gasteiger partial charge in [0.25, 0.3) is 0 Å². The molecule has 0 unspecified atom stereocenters. The average molecular weight is 316 g/mol. The fourth-order valence-electron chi connectivity index (χ4n) is 3.11. The van der Waals surface area contributed by atoms with Crippen molar-refractivity contribution in [2.75, 3.05) is 0 Å². The van der Waals surface area contributed by atoms with Gasteiger partial charge in [0, 0.05) is 0 Å². The van der Waals surface area contributed by atoms with Crippen molar-refractivity contribution in [1.82, 2.24) is 0 Å². The molecule has 1 heteroatoms. The molecule has 0 aliphatic carbocycles. The highest BCUT2D eigenvalue weighted by atomic mass is 14.1. The molecule has 0 aromatic heterocycles. The standard InChI is InChI=1S/C24H17B/c25-24-17-22(19-9-5-2-6-10-19)15-16-23(24)21-13-11-20(12-14-21)18-7-3-1-4-8-18/h1-17H. The molecule has 4 rings (SSSR count). The fourth-order valence-corrected chi connectivity index (χ4v) is 3.11. The van der Waals surface area contributed by atoms with E-state index in [1.807, 2.05) is 24.3 Å². The topological polar surface area (TPSA) is 0 Å². The SMILES string of the molecule is [B]c1cc(-c2ccccc2)ccc1-c1ccc(-c2ccccc2)cc1. The van der Waals surface area contributed by atoms with Crippen molar-refractivity contribution in [3.05, 3.63) is 103 Å². The second-order valence-electron chi connectivity index (χ2n) is 6.11. The maximum Gasteiger partial charge on any atom is 0.114 e. The van der Waals surface area contributed by atoms with Crippen LogP contribution in [0.15, 0.2) is 103 Å². The van der Waals surface area contributed by atoms with E-state index in [1.165, 1.54) is 16.7 Å². The van der Waals surface area contributed by atoms with Gasteiger partial charge >= 0.3 is 0 Å². The molecule has 0 amide bonds. The molecule has 0 saturated heterocycles. The predicted molar refractivity (Wildman–Crippen MR) is 108 cm³/mol. The minimum absolute atomic E-state index is 0.800. The van der Waals surface area contributed by atoms with Gasteiger partial charge < -0.3 is 0 Å². The Kier molecular flexibility index (Phi) is 4.22. The first kappa shape index (κ1) is 15.5. The lowest BCUT2D eigenvalue weighted by Crippen LogP contribution is -2.06. The van der Waals surface area contributed by atoms with Gasteiger partial charge in [0.05, 0.1) is 0 Å². The normalized spacial score (nSPS) is 10.6. The number of rotatable bonds is 3. The molecule has 2 radical (unpaired) electrons. The Morgan fingerprint density at radius 2 is 0.840 bits per heavy atom. The van der Waals surface area contributed by atoms with Gasteiger partial charge in [-0.3, -0.25) is 0 Å². The molecule has 4 aromatic carbocycles. The summed E-state index contributed by atoms with van der Waals surface area (Å²) in [4.78, 5) is 0. The molecular weight excluding hydrogens is 299 g/mol. The van der Waals surface area contributed by atoms with E-state index < -0.39 is 0 Å². The van der Waals surface area contributed by atoms with Crippen LogP contribution >= 0.6 is 0 Å². The average Bonchev–Trinajstić information content (AvgIpc) is 2.69. The Hall–Kier alpha value is -3.06. The van der Waals surface area contributed by atoms with E-state index in [0.717, 1.165) is 22.2 Å². The lowest BCUT2D eigenvalue weighted by molar-refractivity contribution is 1.59. The summed E-state index contributed by atoms with van der Waals surface area (Å²) in [5, 5.41) is 0. The second kappa shape index (κ2) is 6.82. The summed E-state index contributed by atoms with van der Waals surface area (Å²) < 4.78 is 0. The van der Waals surface area contributed by atoms with E-state index in [1.54, 1.807) is 0 Å². The molecule has 0 saturated carbocycles. The molecule has 116 valence electrons. The van der Waals surface area contributed by atoms with Crippen molar-refractivity contribution in [3.8, 4) is 33.4 Å². The molecule has 0 bridgehead atoms. The Morgan fingerprint density at radius 1 is 0.400 bits per heavy atom. The van der Waals surface area contributed by atoms with Crippen molar-refractivity contribution in [1.29, 1.82) is 0 Å². The molecule has 0 nitrogen and oxygen atoms in total. The van der Waals surface area contributed by atoms with Gasteiger partial charge in [-0.05, 0) is 33.4 Å². The zero-order valence-electron chi connectivity index (χ0n) is 13.9. The van der Waals surface area contributed by atoms with Crippen LogP contribution in [-0.2, 0) is 0 Å². The highest BCUT2D eigenvalue weighted by Gasteiger charge is 2.05. The summed E-state index contributed by atoms with van der Waals surface area (Å²) >= 11 is 0.